The molecule has 1 N–H and O–H groups in total. The summed E-state index contributed by atoms with van der Waals surface area (Å²) in [5, 5.41) is 8.14. The number of rotatable bonds is 0. The van der Waals surface area contributed by atoms with Crippen LogP contribution in [0.15, 0.2) is 18.3 Å². The Kier molecular flexibility index (Phi) is 5.62. The van der Waals surface area contributed by atoms with Crippen molar-refractivity contribution in [3.63, 3.8) is 0 Å². The Morgan fingerprint density at radius 3 is 2.40 bits per heavy atom. The monoisotopic (exact) mass is 341 g/mol. The van der Waals surface area contributed by atoms with Crippen molar-refractivity contribution in [1.29, 1.82) is 0 Å². The summed E-state index contributed by atoms with van der Waals surface area (Å²) in [6, 6.07) is 4.28. The number of nitrogens with zero attached hydrogens (tertiary/aromatic N) is 1. The zero-order valence-electron chi connectivity index (χ0n) is 8.31. The Morgan fingerprint density at radius 2 is 1.80 bits per heavy atom. The first-order valence-corrected chi connectivity index (χ1v) is 13.7. The van der Waals surface area contributed by atoms with E-state index >= 15 is 0 Å². The third kappa shape index (κ3) is 4.44. The minimum atomic E-state index is -2.13. The molecule has 0 aliphatic carbocycles. The second kappa shape index (κ2) is 6.25. The van der Waals surface area contributed by atoms with Crippen molar-refractivity contribution < 1.29 is 18.2 Å². The molecule has 0 amide bonds. The van der Waals surface area contributed by atoms with Crippen molar-refractivity contribution in [2.45, 2.75) is 13.8 Å². The van der Waals surface area contributed by atoms with Crippen LogP contribution in [0.5, 0.6) is 0 Å². The second-order valence-corrected chi connectivity index (χ2v) is 14.3. The fourth-order valence-electron chi connectivity index (χ4n) is 1.42. The Hall–Kier alpha value is 0.443. The van der Waals surface area contributed by atoms with E-state index in [2.05, 4.69) is 36.2 Å². The molecule has 0 spiro atoms. The van der Waals surface area contributed by atoms with Gasteiger partial charge in [0.15, 0.2) is 0 Å². The summed E-state index contributed by atoms with van der Waals surface area (Å²) >= 11 is -2.13. The SMILES string of the molecule is Cc1cc(C)c2[nH]ncc2c1.[Cl][Zr]([Cl])[Cl]. The van der Waals surface area contributed by atoms with Crippen LogP contribution in [0.2, 0.25) is 0 Å². The summed E-state index contributed by atoms with van der Waals surface area (Å²) in [6.07, 6.45) is 1.86. The van der Waals surface area contributed by atoms with E-state index in [1.54, 1.807) is 0 Å². The van der Waals surface area contributed by atoms with E-state index < -0.39 is 18.2 Å². The van der Waals surface area contributed by atoms with Crippen molar-refractivity contribution in [2.75, 3.05) is 0 Å². The molecule has 0 unspecified atom stereocenters. The van der Waals surface area contributed by atoms with Gasteiger partial charge in [0.25, 0.3) is 0 Å². The molecule has 0 aliphatic heterocycles. The molecule has 1 aromatic heterocycles. The molecule has 2 aromatic rings. The van der Waals surface area contributed by atoms with Gasteiger partial charge in [-0.2, -0.15) is 5.10 Å². The Balaban J connectivity index is 0.000000245. The first kappa shape index (κ1) is 13.5. The maximum atomic E-state index is 5.00. The molecule has 0 fully saturated rings. The summed E-state index contributed by atoms with van der Waals surface area (Å²) in [5.41, 5.74) is 3.70. The molecule has 0 saturated heterocycles. The molecule has 1 aromatic carbocycles. The fourth-order valence-corrected chi connectivity index (χ4v) is 1.42. The molecule has 0 radical (unpaired) electrons. The van der Waals surface area contributed by atoms with Gasteiger partial charge >= 0.3 is 43.7 Å². The number of halogens is 3. The Bertz CT molecular complexity index is 439. The third-order valence-electron chi connectivity index (χ3n) is 1.89. The molecule has 81 valence electrons. The predicted molar refractivity (Wildman–Crippen MR) is 63.1 cm³/mol. The maximum absolute atomic E-state index is 5.00. The molecule has 1 heterocycles. The van der Waals surface area contributed by atoms with E-state index in [-0.39, 0.29) is 0 Å². The Labute approximate surface area is 107 Å². The van der Waals surface area contributed by atoms with Crippen LogP contribution in [0.3, 0.4) is 0 Å². The van der Waals surface area contributed by atoms with Crippen molar-refractivity contribution >= 4 is 36.4 Å². The number of hydrogen-bond acceptors (Lipinski definition) is 1. The van der Waals surface area contributed by atoms with Gasteiger partial charge in [-0.05, 0) is 25.5 Å². The molecule has 0 atom stereocenters. The molecule has 6 heteroatoms. The topological polar surface area (TPSA) is 28.7 Å². The number of aryl methyl sites for hydroxylation is 2. The minimum absolute atomic E-state index is 1.15. The first-order chi connectivity index (χ1) is 7.00. The Morgan fingerprint density at radius 1 is 1.20 bits per heavy atom. The summed E-state index contributed by atoms with van der Waals surface area (Å²) in [5.74, 6) is 0. The number of H-pyrrole nitrogens is 1. The zero-order chi connectivity index (χ0) is 11.4. The normalized spacial score (nSPS) is 9.67. The average Bonchev–Trinajstić information content (AvgIpc) is 2.50. The third-order valence-corrected chi connectivity index (χ3v) is 1.89. The van der Waals surface area contributed by atoms with Gasteiger partial charge in [-0.3, -0.25) is 5.10 Å². The molecule has 2 nitrogen and oxygen atoms in total. The van der Waals surface area contributed by atoms with Crippen LogP contribution in [-0.4, -0.2) is 10.2 Å². The van der Waals surface area contributed by atoms with Crippen LogP contribution in [0.25, 0.3) is 10.9 Å². The van der Waals surface area contributed by atoms with Crippen LogP contribution in [0.1, 0.15) is 11.1 Å². The van der Waals surface area contributed by atoms with E-state index in [0.717, 1.165) is 5.52 Å². The fraction of sp³-hybridized carbons (Fsp3) is 0.222. The first-order valence-electron chi connectivity index (χ1n) is 4.24. The molecule has 0 saturated carbocycles. The number of hydrogen-bond donors (Lipinski definition) is 1. The van der Waals surface area contributed by atoms with Crippen LogP contribution < -0.4 is 0 Å². The molecule has 0 bridgehead atoms. The molecule has 2 rings (SSSR count). The van der Waals surface area contributed by atoms with E-state index in [9.17, 15) is 0 Å². The number of benzene rings is 1. The van der Waals surface area contributed by atoms with Gasteiger partial charge in [0, 0.05) is 5.39 Å². The van der Waals surface area contributed by atoms with Gasteiger partial charge in [0.05, 0.1) is 11.7 Å². The molecular formula is C9H10Cl3N2Zr. The molecular weight excluding hydrogens is 334 g/mol. The summed E-state index contributed by atoms with van der Waals surface area (Å²) in [4.78, 5) is 0. The van der Waals surface area contributed by atoms with Gasteiger partial charge < -0.3 is 0 Å². The van der Waals surface area contributed by atoms with E-state index in [1.807, 2.05) is 6.20 Å². The van der Waals surface area contributed by atoms with Crippen molar-refractivity contribution in [3.8, 4) is 0 Å². The van der Waals surface area contributed by atoms with E-state index in [4.69, 9.17) is 25.5 Å². The predicted octanol–water partition coefficient (Wildman–Crippen LogP) is 4.25. The standard InChI is InChI=1S/C9H10N2.3ClH.Zr/c1-6-3-7(2)9-8(4-6)5-10-11-9;;;;/h3-5H,1-2H3,(H,10,11);3*1H;/q;;;;+3/p-3. The zero-order valence-corrected chi connectivity index (χ0v) is 13.0. The average molecular weight is 344 g/mol. The van der Waals surface area contributed by atoms with E-state index in [1.165, 1.54) is 16.5 Å². The van der Waals surface area contributed by atoms with Crippen molar-refractivity contribution in [3.05, 3.63) is 29.5 Å². The number of aromatic nitrogens is 2. The van der Waals surface area contributed by atoms with E-state index in [0.29, 0.717) is 0 Å². The van der Waals surface area contributed by atoms with Gasteiger partial charge in [-0.25, -0.2) is 0 Å². The second-order valence-electron chi connectivity index (χ2n) is 3.13. The number of aromatic amines is 1. The quantitative estimate of drug-likeness (QED) is 0.761. The molecule has 15 heavy (non-hydrogen) atoms. The van der Waals surface area contributed by atoms with Crippen molar-refractivity contribution in [1.82, 2.24) is 10.2 Å². The van der Waals surface area contributed by atoms with Crippen LogP contribution >= 0.6 is 25.5 Å². The number of nitrogens with one attached hydrogen (secondary N) is 1. The number of fused-ring (bicyclic) bond motifs is 1. The van der Waals surface area contributed by atoms with Gasteiger partial charge in [-0.15, -0.1) is 0 Å². The van der Waals surface area contributed by atoms with Gasteiger partial charge in [-0.1, -0.05) is 11.6 Å². The molecule has 0 aliphatic rings. The van der Waals surface area contributed by atoms with Gasteiger partial charge in [0.1, 0.15) is 0 Å². The van der Waals surface area contributed by atoms with Crippen LogP contribution in [0, 0.1) is 13.8 Å². The van der Waals surface area contributed by atoms with Gasteiger partial charge in [0.2, 0.25) is 0 Å². The van der Waals surface area contributed by atoms with Crippen molar-refractivity contribution in [2.24, 2.45) is 0 Å². The summed E-state index contributed by atoms with van der Waals surface area (Å²) < 4.78 is 0. The summed E-state index contributed by atoms with van der Waals surface area (Å²) in [6.45, 7) is 4.19. The van der Waals surface area contributed by atoms with Crippen LogP contribution in [0.4, 0.5) is 0 Å². The summed E-state index contributed by atoms with van der Waals surface area (Å²) in [7, 11) is 15.0. The van der Waals surface area contributed by atoms with Crippen LogP contribution in [-0.2, 0) is 18.2 Å².